The van der Waals surface area contributed by atoms with E-state index in [-0.39, 0.29) is 5.91 Å². The van der Waals surface area contributed by atoms with Gasteiger partial charge in [-0.3, -0.25) is 4.79 Å². The van der Waals surface area contributed by atoms with Crippen molar-refractivity contribution in [2.75, 3.05) is 29.4 Å². The molecule has 3 rings (SSSR count). The van der Waals surface area contributed by atoms with E-state index in [2.05, 4.69) is 30.0 Å². The third-order valence-electron chi connectivity index (χ3n) is 4.42. The molecule has 1 saturated heterocycles. The number of hydrogen-bond acceptors (Lipinski definition) is 2. The number of nitrogens with zero attached hydrogens (tertiary/aromatic N) is 2. The molecule has 0 atom stereocenters. The predicted octanol–water partition coefficient (Wildman–Crippen LogP) is 3.37. The van der Waals surface area contributed by atoms with E-state index in [4.69, 9.17) is 0 Å². The number of rotatable bonds is 3. The van der Waals surface area contributed by atoms with E-state index in [0.717, 1.165) is 38.9 Å². The minimum Gasteiger partial charge on any atom is -0.371 e. The summed E-state index contributed by atoms with van der Waals surface area (Å²) in [6.07, 6.45) is 6.35. The second-order valence-corrected chi connectivity index (χ2v) is 5.91. The van der Waals surface area contributed by atoms with Crippen LogP contribution in [0, 0.1) is 0 Å². The lowest BCUT2D eigenvalue weighted by Crippen LogP contribution is -2.35. The molecule has 20 heavy (non-hydrogen) atoms. The van der Waals surface area contributed by atoms with Crippen molar-refractivity contribution in [3.05, 3.63) is 23.8 Å². The Morgan fingerprint density at radius 3 is 2.70 bits per heavy atom. The van der Waals surface area contributed by atoms with E-state index in [1.807, 2.05) is 4.90 Å². The Morgan fingerprint density at radius 1 is 1.15 bits per heavy atom. The molecule has 0 aromatic heterocycles. The summed E-state index contributed by atoms with van der Waals surface area (Å²) >= 11 is 0. The fraction of sp³-hybridized carbons (Fsp3) is 0.588. The van der Waals surface area contributed by atoms with Gasteiger partial charge in [0.1, 0.15) is 0 Å². The van der Waals surface area contributed by atoms with Gasteiger partial charge in [-0.1, -0.05) is 13.0 Å². The molecule has 0 saturated carbocycles. The van der Waals surface area contributed by atoms with E-state index in [1.54, 1.807) is 0 Å². The minimum absolute atomic E-state index is 0.284. The van der Waals surface area contributed by atoms with Crippen molar-refractivity contribution in [1.82, 2.24) is 0 Å². The molecule has 2 aliphatic heterocycles. The Morgan fingerprint density at radius 2 is 1.95 bits per heavy atom. The van der Waals surface area contributed by atoms with Crippen LogP contribution in [-0.4, -0.2) is 25.5 Å². The van der Waals surface area contributed by atoms with E-state index in [0.29, 0.717) is 6.42 Å². The molecule has 1 aromatic carbocycles. The third kappa shape index (κ3) is 2.54. The average Bonchev–Trinajstić information content (AvgIpc) is 3.00. The first-order chi connectivity index (χ1) is 9.79. The monoisotopic (exact) mass is 272 g/mol. The highest BCUT2D eigenvalue weighted by Gasteiger charge is 2.23. The van der Waals surface area contributed by atoms with Gasteiger partial charge in [-0.25, -0.2) is 0 Å². The molecule has 3 heteroatoms. The largest absolute Gasteiger partial charge is 0.371 e. The van der Waals surface area contributed by atoms with E-state index < -0.39 is 0 Å². The van der Waals surface area contributed by atoms with Gasteiger partial charge >= 0.3 is 0 Å². The van der Waals surface area contributed by atoms with Gasteiger partial charge < -0.3 is 9.80 Å². The zero-order valence-corrected chi connectivity index (χ0v) is 12.4. The minimum atomic E-state index is 0.284. The summed E-state index contributed by atoms with van der Waals surface area (Å²) in [4.78, 5) is 16.8. The van der Waals surface area contributed by atoms with Crippen LogP contribution in [0.2, 0.25) is 0 Å². The predicted molar refractivity (Wildman–Crippen MR) is 83.5 cm³/mol. The molecule has 1 aromatic rings. The topological polar surface area (TPSA) is 23.6 Å². The molecule has 0 spiro atoms. The van der Waals surface area contributed by atoms with Crippen molar-refractivity contribution in [3.63, 3.8) is 0 Å². The van der Waals surface area contributed by atoms with Crippen LogP contribution in [0.25, 0.3) is 0 Å². The first kappa shape index (κ1) is 13.5. The van der Waals surface area contributed by atoms with Crippen LogP contribution >= 0.6 is 0 Å². The molecular formula is C17H24N2O. The number of fused-ring (bicyclic) bond motifs is 1. The Kier molecular flexibility index (Phi) is 3.95. The van der Waals surface area contributed by atoms with E-state index in [9.17, 15) is 4.79 Å². The summed E-state index contributed by atoms with van der Waals surface area (Å²) in [5.41, 5.74) is 3.79. The van der Waals surface area contributed by atoms with Gasteiger partial charge in [-0.2, -0.15) is 0 Å². The van der Waals surface area contributed by atoms with Crippen molar-refractivity contribution in [1.29, 1.82) is 0 Å². The molecule has 2 aliphatic rings. The number of aryl methyl sites for hydroxylation is 1. The van der Waals surface area contributed by atoms with Crippen LogP contribution in [0.5, 0.6) is 0 Å². The van der Waals surface area contributed by atoms with Gasteiger partial charge in [-0.15, -0.1) is 0 Å². The lowest BCUT2D eigenvalue weighted by molar-refractivity contribution is -0.118. The normalized spacial score (nSPS) is 18.2. The summed E-state index contributed by atoms with van der Waals surface area (Å²) in [6.45, 7) is 5.27. The maximum Gasteiger partial charge on any atom is 0.226 e. The molecule has 0 N–H and O–H groups in total. The van der Waals surface area contributed by atoms with Crippen molar-refractivity contribution < 1.29 is 4.79 Å². The quantitative estimate of drug-likeness (QED) is 0.842. The van der Waals surface area contributed by atoms with Crippen molar-refractivity contribution in [2.24, 2.45) is 0 Å². The fourth-order valence-electron chi connectivity index (χ4n) is 3.34. The number of amides is 1. The van der Waals surface area contributed by atoms with Gasteiger partial charge in [0.05, 0.1) is 0 Å². The van der Waals surface area contributed by atoms with Crippen LogP contribution in [0.1, 0.15) is 44.6 Å². The lowest BCUT2D eigenvalue weighted by Gasteiger charge is -2.31. The molecule has 0 bridgehead atoms. The van der Waals surface area contributed by atoms with Crippen LogP contribution < -0.4 is 9.80 Å². The summed E-state index contributed by atoms with van der Waals surface area (Å²) in [5, 5.41) is 0. The van der Waals surface area contributed by atoms with Gasteiger partial charge in [0.25, 0.3) is 0 Å². The Hall–Kier alpha value is -1.51. The van der Waals surface area contributed by atoms with Gasteiger partial charge in [0.15, 0.2) is 0 Å². The van der Waals surface area contributed by atoms with Crippen molar-refractivity contribution >= 4 is 17.3 Å². The maximum atomic E-state index is 12.3. The Labute approximate surface area is 121 Å². The highest BCUT2D eigenvalue weighted by Crippen LogP contribution is 2.33. The fourth-order valence-corrected chi connectivity index (χ4v) is 3.34. The molecular weight excluding hydrogens is 248 g/mol. The first-order valence-corrected chi connectivity index (χ1v) is 7.98. The number of benzene rings is 1. The van der Waals surface area contributed by atoms with Gasteiger partial charge in [-0.05, 0) is 49.8 Å². The molecule has 1 amide bonds. The van der Waals surface area contributed by atoms with Crippen LogP contribution in [0.4, 0.5) is 11.4 Å². The second kappa shape index (κ2) is 5.86. The Balaban J connectivity index is 1.89. The smallest absolute Gasteiger partial charge is 0.226 e. The van der Waals surface area contributed by atoms with E-state index in [1.165, 1.54) is 29.8 Å². The standard InChI is InChI=1S/C17H24N2O/c1-2-6-17(20)19-12-5-7-14-8-9-15(13-16(14)19)18-10-3-4-11-18/h8-9,13H,2-7,10-12H2,1H3. The molecule has 0 radical (unpaired) electrons. The number of anilines is 2. The van der Waals surface area contributed by atoms with Crippen molar-refractivity contribution in [3.8, 4) is 0 Å². The van der Waals surface area contributed by atoms with Crippen LogP contribution in [0.3, 0.4) is 0 Å². The van der Waals surface area contributed by atoms with Crippen molar-refractivity contribution in [2.45, 2.75) is 45.4 Å². The second-order valence-electron chi connectivity index (χ2n) is 5.91. The van der Waals surface area contributed by atoms with E-state index >= 15 is 0 Å². The van der Waals surface area contributed by atoms with Crippen LogP contribution in [0.15, 0.2) is 18.2 Å². The summed E-state index contributed by atoms with van der Waals surface area (Å²) in [5.74, 6) is 0.284. The zero-order valence-electron chi connectivity index (χ0n) is 12.4. The first-order valence-electron chi connectivity index (χ1n) is 7.98. The summed E-state index contributed by atoms with van der Waals surface area (Å²) in [6, 6.07) is 6.71. The number of hydrogen-bond donors (Lipinski definition) is 0. The molecule has 2 heterocycles. The maximum absolute atomic E-state index is 12.3. The van der Waals surface area contributed by atoms with Gasteiger partial charge in [0.2, 0.25) is 5.91 Å². The number of carbonyl (C=O) groups is 1. The summed E-state index contributed by atoms with van der Waals surface area (Å²) in [7, 11) is 0. The van der Waals surface area contributed by atoms with Crippen LogP contribution in [-0.2, 0) is 11.2 Å². The average molecular weight is 272 g/mol. The lowest BCUT2D eigenvalue weighted by atomic mass is 10.0. The number of carbonyl (C=O) groups excluding carboxylic acids is 1. The Bertz CT molecular complexity index is 492. The molecule has 1 fully saturated rings. The zero-order chi connectivity index (χ0) is 13.9. The van der Waals surface area contributed by atoms with Gasteiger partial charge in [0, 0.05) is 37.4 Å². The molecule has 0 unspecified atom stereocenters. The molecule has 0 aliphatic carbocycles. The highest BCUT2D eigenvalue weighted by atomic mass is 16.2. The molecule has 3 nitrogen and oxygen atoms in total. The third-order valence-corrected chi connectivity index (χ3v) is 4.42. The highest BCUT2D eigenvalue weighted by molar-refractivity contribution is 5.95. The SMILES string of the molecule is CCCC(=O)N1CCCc2ccc(N3CCCC3)cc21. The molecule has 108 valence electrons. The summed E-state index contributed by atoms with van der Waals surface area (Å²) < 4.78 is 0.